The van der Waals surface area contributed by atoms with E-state index in [0.717, 1.165) is 23.3 Å². The minimum Gasteiger partial charge on any atom is -0.306 e. The van der Waals surface area contributed by atoms with Gasteiger partial charge < -0.3 is 5.32 Å². The number of hydrogen-bond acceptors (Lipinski definition) is 4. The Hall–Kier alpha value is -2.21. The summed E-state index contributed by atoms with van der Waals surface area (Å²) in [5.41, 5.74) is 1.79. The van der Waals surface area contributed by atoms with E-state index in [1.165, 1.54) is 24.9 Å². The number of aliphatic imine (C=N–C) groups is 1. The van der Waals surface area contributed by atoms with E-state index >= 15 is 0 Å². The number of carbonyl (C=O) groups excluding carboxylic acids is 1. The van der Waals surface area contributed by atoms with Gasteiger partial charge in [0.25, 0.3) is 0 Å². The Bertz CT molecular complexity index is 808. The number of amidine groups is 1. The quantitative estimate of drug-likeness (QED) is 0.845. The average Bonchev–Trinajstić information content (AvgIpc) is 2.55. The van der Waals surface area contributed by atoms with E-state index in [1.807, 2.05) is 31.2 Å². The number of nitrogens with zero attached hydrogens (tertiary/aromatic N) is 2. The van der Waals surface area contributed by atoms with Crippen molar-refractivity contribution < 1.29 is 9.18 Å². The van der Waals surface area contributed by atoms with Gasteiger partial charge in [-0.3, -0.25) is 9.79 Å². The van der Waals surface area contributed by atoms with Crippen LogP contribution in [0.2, 0.25) is 0 Å². The van der Waals surface area contributed by atoms with Gasteiger partial charge in [0.2, 0.25) is 11.9 Å². The van der Waals surface area contributed by atoms with Crippen molar-refractivity contribution in [2.24, 2.45) is 4.99 Å². The highest BCUT2D eigenvalue weighted by Gasteiger charge is 2.30. The van der Waals surface area contributed by atoms with Crippen molar-refractivity contribution in [2.75, 3.05) is 5.75 Å². The first-order valence-corrected chi connectivity index (χ1v) is 8.68. The molecule has 24 heavy (non-hydrogen) atoms. The SMILES string of the molecule is CC(=O)NC1=N[C@](C)(c2cccc(-c3cccnc3F)c2)CCS1. The van der Waals surface area contributed by atoms with Crippen molar-refractivity contribution in [3.05, 3.63) is 54.1 Å². The van der Waals surface area contributed by atoms with Crippen LogP contribution in [-0.2, 0) is 10.3 Å². The molecule has 0 radical (unpaired) electrons. The number of aromatic nitrogens is 1. The molecule has 1 aliphatic rings. The molecule has 2 heterocycles. The van der Waals surface area contributed by atoms with E-state index in [-0.39, 0.29) is 5.91 Å². The number of nitrogens with one attached hydrogen (secondary N) is 1. The van der Waals surface area contributed by atoms with Gasteiger partial charge in [0.1, 0.15) is 0 Å². The molecule has 2 aromatic rings. The van der Waals surface area contributed by atoms with Crippen LogP contribution in [-0.4, -0.2) is 21.8 Å². The van der Waals surface area contributed by atoms with E-state index in [4.69, 9.17) is 4.99 Å². The number of rotatable bonds is 2. The fourth-order valence-corrected chi connectivity index (χ4v) is 3.88. The van der Waals surface area contributed by atoms with Crippen molar-refractivity contribution in [2.45, 2.75) is 25.8 Å². The third kappa shape index (κ3) is 3.48. The van der Waals surface area contributed by atoms with Gasteiger partial charge in [-0.25, -0.2) is 4.98 Å². The number of carbonyl (C=O) groups is 1. The van der Waals surface area contributed by atoms with Gasteiger partial charge in [-0.2, -0.15) is 4.39 Å². The van der Waals surface area contributed by atoms with E-state index in [2.05, 4.69) is 10.3 Å². The molecule has 0 fully saturated rings. The molecule has 6 heteroatoms. The second-order valence-electron chi connectivity index (χ2n) is 5.89. The highest BCUT2D eigenvalue weighted by molar-refractivity contribution is 8.13. The molecule has 1 aliphatic heterocycles. The van der Waals surface area contributed by atoms with E-state index < -0.39 is 11.5 Å². The summed E-state index contributed by atoms with van der Waals surface area (Å²) in [5, 5.41) is 3.40. The smallest absolute Gasteiger partial charge is 0.222 e. The fourth-order valence-electron chi connectivity index (χ4n) is 2.71. The predicted octanol–water partition coefficient (Wildman–Crippen LogP) is 3.73. The number of hydrogen-bond donors (Lipinski definition) is 1. The van der Waals surface area contributed by atoms with Crippen LogP contribution in [0, 0.1) is 5.95 Å². The molecule has 1 N–H and O–H groups in total. The van der Waals surface area contributed by atoms with Crippen LogP contribution < -0.4 is 5.32 Å². The summed E-state index contributed by atoms with van der Waals surface area (Å²) in [5.74, 6) is 0.249. The minimum atomic E-state index is -0.485. The zero-order chi connectivity index (χ0) is 17.2. The molecule has 124 valence electrons. The second-order valence-corrected chi connectivity index (χ2v) is 6.98. The molecule has 0 saturated carbocycles. The molecule has 0 saturated heterocycles. The molecule has 0 bridgehead atoms. The second kappa shape index (κ2) is 6.73. The summed E-state index contributed by atoms with van der Waals surface area (Å²) in [6.07, 6.45) is 2.28. The van der Waals surface area contributed by atoms with Crippen LogP contribution in [0.15, 0.2) is 47.6 Å². The first kappa shape index (κ1) is 16.6. The molecule has 1 aromatic carbocycles. The summed E-state index contributed by atoms with van der Waals surface area (Å²) in [7, 11) is 0. The zero-order valence-electron chi connectivity index (χ0n) is 13.5. The fraction of sp³-hybridized carbons (Fsp3) is 0.278. The van der Waals surface area contributed by atoms with Crippen LogP contribution in [0.4, 0.5) is 4.39 Å². The first-order valence-electron chi connectivity index (χ1n) is 7.70. The third-order valence-corrected chi connectivity index (χ3v) is 4.89. The normalized spacial score (nSPS) is 20.4. The summed E-state index contributed by atoms with van der Waals surface area (Å²) in [6.45, 7) is 3.51. The third-order valence-electron chi connectivity index (χ3n) is 4.01. The van der Waals surface area contributed by atoms with Crippen LogP contribution in [0.1, 0.15) is 25.8 Å². The van der Waals surface area contributed by atoms with E-state index in [9.17, 15) is 9.18 Å². The summed E-state index contributed by atoms with van der Waals surface area (Å²) in [6, 6.07) is 11.1. The molecule has 0 spiro atoms. The number of thioether (sulfide) groups is 1. The number of amides is 1. The van der Waals surface area contributed by atoms with Gasteiger partial charge in [0, 0.05) is 24.4 Å². The van der Waals surface area contributed by atoms with Gasteiger partial charge in [-0.1, -0.05) is 30.0 Å². The Morgan fingerprint density at radius 3 is 2.92 bits per heavy atom. The maximum atomic E-state index is 14.0. The monoisotopic (exact) mass is 343 g/mol. The Kier molecular flexibility index (Phi) is 4.66. The Morgan fingerprint density at radius 2 is 2.17 bits per heavy atom. The van der Waals surface area contributed by atoms with Crippen LogP contribution in [0.3, 0.4) is 0 Å². The highest BCUT2D eigenvalue weighted by atomic mass is 32.2. The molecule has 4 nitrogen and oxygen atoms in total. The lowest BCUT2D eigenvalue weighted by Gasteiger charge is -2.31. The first-order chi connectivity index (χ1) is 11.5. The molecular weight excluding hydrogens is 325 g/mol. The van der Waals surface area contributed by atoms with Gasteiger partial charge in [-0.05, 0) is 42.7 Å². The standard InChI is InChI=1S/C18H18FN3OS/c1-12(23)21-17-22-18(2,8-10-24-17)14-6-3-5-13(11-14)15-7-4-9-20-16(15)19/h3-7,9,11H,8,10H2,1-2H3,(H,21,22,23)/t18-/m0/s1. The number of pyridine rings is 1. The van der Waals surface area contributed by atoms with Crippen molar-refractivity contribution in [1.82, 2.24) is 10.3 Å². The Morgan fingerprint density at radius 1 is 1.33 bits per heavy atom. The van der Waals surface area contributed by atoms with Crippen molar-refractivity contribution in [3.8, 4) is 11.1 Å². The van der Waals surface area contributed by atoms with Gasteiger partial charge in [0.15, 0.2) is 5.17 Å². The van der Waals surface area contributed by atoms with Crippen molar-refractivity contribution >= 4 is 22.8 Å². The van der Waals surface area contributed by atoms with Crippen LogP contribution in [0.5, 0.6) is 0 Å². The molecule has 3 rings (SSSR count). The van der Waals surface area contributed by atoms with Crippen LogP contribution in [0.25, 0.3) is 11.1 Å². The van der Waals surface area contributed by atoms with Gasteiger partial charge in [-0.15, -0.1) is 0 Å². The summed E-state index contributed by atoms with van der Waals surface area (Å²) >= 11 is 1.54. The molecule has 0 unspecified atom stereocenters. The van der Waals surface area contributed by atoms with Crippen LogP contribution >= 0.6 is 11.8 Å². The lowest BCUT2D eigenvalue weighted by Crippen LogP contribution is -2.34. The maximum absolute atomic E-state index is 14.0. The Labute approximate surface area is 144 Å². The zero-order valence-corrected chi connectivity index (χ0v) is 14.4. The largest absolute Gasteiger partial charge is 0.306 e. The molecule has 1 atom stereocenters. The number of benzene rings is 1. The maximum Gasteiger partial charge on any atom is 0.222 e. The lowest BCUT2D eigenvalue weighted by molar-refractivity contribution is -0.117. The van der Waals surface area contributed by atoms with Crippen molar-refractivity contribution in [1.29, 1.82) is 0 Å². The summed E-state index contributed by atoms with van der Waals surface area (Å²) in [4.78, 5) is 19.7. The predicted molar refractivity (Wildman–Crippen MR) is 95.3 cm³/mol. The number of halogens is 1. The molecule has 0 aliphatic carbocycles. The average molecular weight is 343 g/mol. The van der Waals surface area contributed by atoms with Gasteiger partial charge >= 0.3 is 0 Å². The molecular formula is C18H18FN3OS. The minimum absolute atomic E-state index is 0.128. The summed E-state index contributed by atoms with van der Waals surface area (Å²) < 4.78 is 14.0. The molecule has 1 amide bonds. The van der Waals surface area contributed by atoms with Crippen molar-refractivity contribution in [3.63, 3.8) is 0 Å². The topological polar surface area (TPSA) is 54.4 Å². The lowest BCUT2D eigenvalue weighted by atomic mass is 9.88. The van der Waals surface area contributed by atoms with Gasteiger partial charge in [0.05, 0.1) is 5.54 Å². The highest BCUT2D eigenvalue weighted by Crippen LogP contribution is 2.37. The molecule has 1 aromatic heterocycles. The Balaban J connectivity index is 1.99. The van der Waals surface area contributed by atoms with E-state index in [0.29, 0.717) is 10.7 Å². The van der Waals surface area contributed by atoms with E-state index in [1.54, 1.807) is 12.1 Å².